The van der Waals surface area contributed by atoms with Gasteiger partial charge in [0, 0.05) is 12.3 Å². The molecule has 4 nitrogen and oxygen atoms in total. The third-order valence-electron chi connectivity index (χ3n) is 3.17. The molecule has 0 amide bonds. The highest BCUT2D eigenvalue weighted by molar-refractivity contribution is 7.90. The molecule has 5 heteroatoms. The second-order valence-electron chi connectivity index (χ2n) is 5.18. The number of phenolic OH excluding ortho intramolecular Hbond substituents is 1. The largest absolute Gasteiger partial charge is 0.508 e. The fourth-order valence-corrected chi connectivity index (χ4v) is 3.06. The van der Waals surface area contributed by atoms with Gasteiger partial charge in [0.15, 0.2) is 9.84 Å². The second kappa shape index (κ2) is 6.18. The molecule has 0 aliphatic carbocycles. The first-order valence-electron chi connectivity index (χ1n) is 6.70. The SMILES string of the molecule is CC(Cc1ccc(O)cc1)Nc1ccccc1S(C)(=O)=O. The molecular weight excluding hydrogens is 286 g/mol. The third kappa shape index (κ3) is 4.23. The zero-order valence-corrected chi connectivity index (χ0v) is 12.9. The lowest BCUT2D eigenvalue weighted by atomic mass is 10.1. The van der Waals surface area contributed by atoms with Crippen molar-refractivity contribution in [3.05, 3.63) is 54.1 Å². The highest BCUT2D eigenvalue weighted by Crippen LogP contribution is 2.22. The van der Waals surface area contributed by atoms with Crippen LogP contribution < -0.4 is 5.32 Å². The molecule has 0 saturated carbocycles. The van der Waals surface area contributed by atoms with E-state index in [9.17, 15) is 13.5 Å². The van der Waals surface area contributed by atoms with Crippen molar-refractivity contribution in [2.75, 3.05) is 11.6 Å². The molecule has 21 heavy (non-hydrogen) atoms. The van der Waals surface area contributed by atoms with Crippen molar-refractivity contribution in [3.8, 4) is 5.75 Å². The van der Waals surface area contributed by atoms with Crippen molar-refractivity contribution in [3.63, 3.8) is 0 Å². The van der Waals surface area contributed by atoms with Crippen LogP contribution in [0.15, 0.2) is 53.4 Å². The molecule has 2 rings (SSSR count). The smallest absolute Gasteiger partial charge is 0.177 e. The lowest BCUT2D eigenvalue weighted by molar-refractivity contribution is 0.475. The summed E-state index contributed by atoms with van der Waals surface area (Å²) in [4.78, 5) is 0.308. The lowest BCUT2D eigenvalue weighted by Gasteiger charge is -2.17. The lowest BCUT2D eigenvalue weighted by Crippen LogP contribution is -2.19. The van der Waals surface area contributed by atoms with E-state index in [0.29, 0.717) is 10.6 Å². The van der Waals surface area contributed by atoms with Crippen molar-refractivity contribution in [2.45, 2.75) is 24.3 Å². The Hall–Kier alpha value is -2.01. The summed E-state index contributed by atoms with van der Waals surface area (Å²) in [7, 11) is -3.25. The van der Waals surface area contributed by atoms with E-state index in [1.807, 2.05) is 25.1 Å². The fraction of sp³-hybridized carbons (Fsp3) is 0.250. The maximum atomic E-state index is 11.8. The molecule has 0 saturated heterocycles. The van der Waals surface area contributed by atoms with Gasteiger partial charge >= 0.3 is 0 Å². The van der Waals surface area contributed by atoms with E-state index in [1.165, 1.54) is 6.26 Å². The van der Waals surface area contributed by atoms with Crippen molar-refractivity contribution in [1.82, 2.24) is 0 Å². The van der Waals surface area contributed by atoms with E-state index in [0.717, 1.165) is 12.0 Å². The summed E-state index contributed by atoms with van der Waals surface area (Å²) in [5.41, 5.74) is 1.69. The normalized spacial score (nSPS) is 12.9. The average Bonchev–Trinajstić information content (AvgIpc) is 2.41. The van der Waals surface area contributed by atoms with E-state index in [2.05, 4.69) is 5.32 Å². The number of rotatable bonds is 5. The van der Waals surface area contributed by atoms with E-state index in [1.54, 1.807) is 30.3 Å². The Labute approximate surface area is 125 Å². The maximum Gasteiger partial charge on any atom is 0.177 e. The van der Waals surface area contributed by atoms with Crippen molar-refractivity contribution >= 4 is 15.5 Å². The minimum absolute atomic E-state index is 0.0671. The average molecular weight is 305 g/mol. The summed E-state index contributed by atoms with van der Waals surface area (Å²) in [5.74, 6) is 0.238. The van der Waals surface area contributed by atoms with Crippen LogP contribution in [-0.2, 0) is 16.3 Å². The Morgan fingerprint density at radius 1 is 1.10 bits per heavy atom. The zero-order chi connectivity index (χ0) is 15.5. The van der Waals surface area contributed by atoms with Crippen LogP contribution >= 0.6 is 0 Å². The van der Waals surface area contributed by atoms with Crippen LogP contribution in [0.2, 0.25) is 0 Å². The molecule has 0 heterocycles. The standard InChI is InChI=1S/C16H19NO3S/c1-12(11-13-7-9-14(18)10-8-13)17-15-5-3-4-6-16(15)21(2,19)20/h3-10,12,17-18H,11H2,1-2H3. The van der Waals surface area contributed by atoms with Gasteiger partial charge in [-0.25, -0.2) is 8.42 Å². The fourth-order valence-electron chi connectivity index (χ4n) is 2.21. The first-order chi connectivity index (χ1) is 9.86. The molecule has 2 N–H and O–H groups in total. The zero-order valence-electron chi connectivity index (χ0n) is 12.1. The summed E-state index contributed by atoms with van der Waals surface area (Å²) in [6, 6.07) is 14.0. The molecule has 1 unspecified atom stereocenters. The monoisotopic (exact) mass is 305 g/mol. The second-order valence-corrected chi connectivity index (χ2v) is 7.17. The Morgan fingerprint density at radius 3 is 2.33 bits per heavy atom. The summed E-state index contributed by atoms with van der Waals surface area (Å²) in [6.45, 7) is 1.99. The number of para-hydroxylation sites is 1. The van der Waals surface area contributed by atoms with Crippen LogP contribution in [0, 0.1) is 0 Å². The Bertz CT molecular complexity index is 709. The van der Waals surface area contributed by atoms with Crippen LogP contribution in [0.1, 0.15) is 12.5 Å². The number of hydrogen-bond acceptors (Lipinski definition) is 4. The van der Waals surface area contributed by atoms with E-state index < -0.39 is 9.84 Å². The minimum atomic E-state index is -3.25. The van der Waals surface area contributed by atoms with Crippen LogP contribution in [0.3, 0.4) is 0 Å². The van der Waals surface area contributed by atoms with Gasteiger partial charge in [-0.15, -0.1) is 0 Å². The summed E-state index contributed by atoms with van der Waals surface area (Å²) >= 11 is 0. The van der Waals surface area contributed by atoms with Crippen LogP contribution in [-0.4, -0.2) is 25.8 Å². The number of benzene rings is 2. The molecule has 2 aromatic carbocycles. The number of nitrogens with one attached hydrogen (secondary N) is 1. The van der Waals surface area contributed by atoms with Gasteiger partial charge in [0.05, 0.1) is 10.6 Å². The van der Waals surface area contributed by atoms with E-state index in [4.69, 9.17) is 0 Å². The highest BCUT2D eigenvalue weighted by atomic mass is 32.2. The highest BCUT2D eigenvalue weighted by Gasteiger charge is 2.14. The number of hydrogen-bond donors (Lipinski definition) is 2. The quantitative estimate of drug-likeness (QED) is 0.891. The Balaban J connectivity index is 2.13. The number of aromatic hydroxyl groups is 1. The number of anilines is 1. The van der Waals surface area contributed by atoms with Gasteiger partial charge in [-0.2, -0.15) is 0 Å². The van der Waals surface area contributed by atoms with Gasteiger partial charge < -0.3 is 10.4 Å². The Morgan fingerprint density at radius 2 is 1.71 bits per heavy atom. The van der Waals surface area contributed by atoms with Gasteiger partial charge in [0.1, 0.15) is 5.75 Å². The van der Waals surface area contributed by atoms with Crippen LogP contribution in [0.5, 0.6) is 5.75 Å². The number of sulfone groups is 1. The van der Waals surface area contributed by atoms with Gasteiger partial charge in [0.2, 0.25) is 0 Å². The van der Waals surface area contributed by atoms with Crippen LogP contribution in [0.25, 0.3) is 0 Å². The molecule has 0 fully saturated rings. The predicted octanol–water partition coefficient (Wildman–Crippen LogP) is 2.84. The van der Waals surface area contributed by atoms with Crippen molar-refractivity contribution < 1.29 is 13.5 Å². The molecule has 0 spiro atoms. The number of phenols is 1. The molecule has 0 bridgehead atoms. The van der Waals surface area contributed by atoms with Crippen molar-refractivity contribution in [1.29, 1.82) is 0 Å². The van der Waals surface area contributed by atoms with Crippen molar-refractivity contribution in [2.24, 2.45) is 0 Å². The molecule has 0 radical (unpaired) electrons. The molecule has 112 valence electrons. The van der Waals surface area contributed by atoms with E-state index in [-0.39, 0.29) is 11.8 Å². The summed E-state index contributed by atoms with van der Waals surface area (Å²) in [5, 5.41) is 12.5. The van der Waals surface area contributed by atoms with Gasteiger partial charge in [-0.05, 0) is 43.2 Å². The van der Waals surface area contributed by atoms with Crippen LogP contribution in [0.4, 0.5) is 5.69 Å². The molecular formula is C16H19NO3S. The van der Waals surface area contributed by atoms with Gasteiger partial charge in [-0.1, -0.05) is 24.3 Å². The molecule has 1 atom stereocenters. The van der Waals surface area contributed by atoms with Gasteiger partial charge in [0.25, 0.3) is 0 Å². The first-order valence-corrected chi connectivity index (χ1v) is 8.59. The Kier molecular flexibility index (Phi) is 4.53. The topological polar surface area (TPSA) is 66.4 Å². The molecule has 2 aromatic rings. The van der Waals surface area contributed by atoms with Gasteiger partial charge in [-0.3, -0.25) is 0 Å². The van der Waals surface area contributed by atoms with E-state index >= 15 is 0 Å². The predicted molar refractivity (Wildman–Crippen MR) is 84.4 cm³/mol. The summed E-state index contributed by atoms with van der Waals surface area (Å²) < 4.78 is 23.5. The molecule has 0 aliphatic heterocycles. The summed E-state index contributed by atoms with van der Waals surface area (Å²) in [6.07, 6.45) is 1.94. The molecule has 0 aliphatic rings. The first kappa shape index (κ1) is 15.4. The third-order valence-corrected chi connectivity index (χ3v) is 4.32. The molecule has 0 aromatic heterocycles. The minimum Gasteiger partial charge on any atom is -0.508 e. The maximum absolute atomic E-state index is 11.8.